The lowest BCUT2D eigenvalue weighted by atomic mass is 10.0. The molecule has 1 N–H and O–H groups in total. The summed E-state index contributed by atoms with van der Waals surface area (Å²) >= 11 is 0. The Hall–Kier alpha value is -3.82. The second kappa shape index (κ2) is 7.21. The SMILES string of the molecule is Cc1nc2ccc(-c3ccccc3C(F)(F)F)nn2c1C(=O)Nc1ccc(F)cn1. The molecule has 152 valence electrons. The van der Waals surface area contributed by atoms with Crippen molar-refractivity contribution in [2.24, 2.45) is 0 Å². The average Bonchev–Trinajstić information content (AvgIpc) is 3.04. The van der Waals surface area contributed by atoms with E-state index < -0.39 is 23.5 Å². The van der Waals surface area contributed by atoms with Crippen molar-refractivity contribution in [2.45, 2.75) is 13.1 Å². The molecule has 3 aromatic heterocycles. The number of carbonyl (C=O) groups excluding carboxylic acids is 1. The Morgan fingerprint density at radius 1 is 1.07 bits per heavy atom. The number of rotatable bonds is 3. The second-order valence-electron chi connectivity index (χ2n) is 6.39. The fraction of sp³-hybridized carbons (Fsp3) is 0.100. The maximum atomic E-state index is 13.4. The molecule has 1 amide bonds. The highest BCUT2D eigenvalue weighted by molar-refractivity contribution is 6.03. The van der Waals surface area contributed by atoms with Crippen LogP contribution in [-0.4, -0.2) is 25.5 Å². The third-order valence-corrected chi connectivity index (χ3v) is 4.34. The van der Waals surface area contributed by atoms with Crippen molar-refractivity contribution in [3.8, 4) is 11.3 Å². The first-order valence-corrected chi connectivity index (χ1v) is 8.70. The van der Waals surface area contributed by atoms with Crippen molar-refractivity contribution in [2.75, 3.05) is 5.32 Å². The molecule has 0 aliphatic heterocycles. The third kappa shape index (κ3) is 3.59. The molecule has 4 aromatic rings. The number of benzene rings is 1. The van der Waals surface area contributed by atoms with Gasteiger partial charge in [0.25, 0.3) is 5.91 Å². The normalized spacial score (nSPS) is 11.6. The average molecular weight is 415 g/mol. The van der Waals surface area contributed by atoms with Crippen LogP contribution in [0.4, 0.5) is 23.4 Å². The molecule has 6 nitrogen and oxygen atoms in total. The zero-order valence-corrected chi connectivity index (χ0v) is 15.4. The van der Waals surface area contributed by atoms with Crippen LogP contribution in [0.2, 0.25) is 0 Å². The summed E-state index contributed by atoms with van der Waals surface area (Å²) in [6, 6.07) is 10.4. The molecule has 1 aromatic carbocycles. The Morgan fingerprint density at radius 3 is 2.53 bits per heavy atom. The minimum atomic E-state index is -4.56. The maximum absolute atomic E-state index is 13.4. The summed E-state index contributed by atoms with van der Waals surface area (Å²) in [5.41, 5.74) is -0.286. The van der Waals surface area contributed by atoms with Crippen LogP contribution in [0, 0.1) is 12.7 Å². The van der Waals surface area contributed by atoms with E-state index in [2.05, 4.69) is 20.4 Å². The highest BCUT2D eigenvalue weighted by Crippen LogP contribution is 2.36. The zero-order valence-electron chi connectivity index (χ0n) is 15.4. The predicted octanol–water partition coefficient (Wildman–Crippen LogP) is 4.51. The van der Waals surface area contributed by atoms with E-state index in [0.717, 1.165) is 18.3 Å². The molecule has 0 spiro atoms. The van der Waals surface area contributed by atoms with Gasteiger partial charge in [0, 0.05) is 5.56 Å². The Labute approximate surface area is 167 Å². The van der Waals surface area contributed by atoms with Crippen LogP contribution < -0.4 is 5.32 Å². The van der Waals surface area contributed by atoms with Crippen LogP contribution in [0.25, 0.3) is 16.9 Å². The summed E-state index contributed by atoms with van der Waals surface area (Å²) in [4.78, 5) is 20.7. The van der Waals surface area contributed by atoms with E-state index in [0.29, 0.717) is 5.69 Å². The number of nitrogens with one attached hydrogen (secondary N) is 1. The number of aromatic nitrogens is 4. The maximum Gasteiger partial charge on any atom is 0.417 e. The molecule has 0 fully saturated rings. The lowest BCUT2D eigenvalue weighted by Gasteiger charge is -2.12. The van der Waals surface area contributed by atoms with Gasteiger partial charge in [0.05, 0.1) is 23.1 Å². The van der Waals surface area contributed by atoms with E-state index in [1.807, 2.05) is 0 Å². The van der Waals surface area contributed by atoms with Gasteiger partial charge in [-0.05, 0) is 37.3 Å². The number of carbonyl (C=O) groups is 1. The van der Waals surface area contributed by atoms with Crippen molar-refractivity contribution in [1.82, 2.24) is 19.6 Å². The molecule has 0 radical (unpaired) electrons. The zero-order chi connectivity index (χ0) is 21.5. The summed E-state index contributed by atoms with van der Waals surface area (Å²) in [7, 11) is 0. The molecule has 3 heterocycles. The van der Waals surface area contributed by atoms with Gasteiger partial charge in [-0.3, -0.25) is 4.79 Å². The number of anilines is 1. The van der Waals surface area contributed by atoms with Gasteiger partial charge in [-0.15, -0.1) is 0 Å². The molecular formula is C20H13F4N5O. The molecule has 0 aliphatic rings. The first-order valence-electron chi connectivity index (χ1n) is 8.70. The Balaban J connectivity index is 1.79. The van der Waals surface area contributed by atoms with E-state index >= 15 is 0 Å². The molecule has 0 bridgehead atoms. The highest BCUT2D eigenvalue weighted by atomic mass is 19.4. The number of hydrogen-bond acceptors (Lipinski definition) is 4. The van der Waals surface area contributed by atoms with Gasteiger partial charge in [0.1, 0.15) is 11.6 Å². The molecule has 0 aliphatic carbocycles. The van der Waals surface area contributed by atoms with Gasteiger partial charge in [-0.1, -0.05) is 18.2 Å². The van der Waals surface area contributed by atoms with Gasteiger partial charge in [0.15, 0.2) is 11.3 Å². The Kier molecular flexibility index (Phi) is 4.69. The first kappa shape index (κ1) is 19.5. The van der Waals surface area contributed by atoms with Gasteiger partial charge in [-0.2, -0.15) is 18.3 Å². The fourth-order valence-corrected chi connectivity index (χ4v) is 3.03. The first-order chi connectivity index (χ1) is 14.2. The number of hydrogen-bond donors (Lipinski definition) is 1. The van der Waals surface area contributed by atoms with Crippen LogP contribution in [0.15, 0.2) is 54.7 Å². The van der Waals surface area contributed by atoms with Gasteiger partial charge < -0.3 is 5.32 Å². The van der Waals surface area contributed by atoms with Crippen molar-refractivity contribution in [3.05, 3.63) is 77.5 Å². The lowest BCUT2D eigenvalue weighted by Crippen LogP contribution is -2.17. The van der Waals surface area contributed by atoms with Crippen molar-refractivity contribution < 1.29 is 22.4 Å². The minimum Gasteiger partial charge on any atom is -0.305 e. The van der Waals surface area contributed by atoms with Crippen molar-refractivity contribution in [1.29, 1.82) is 0 Å². The number of imidazole rings is 1. The number of fused-ring (bicyclic) bond motifs is 1. The summed E-state index contributed by atoms with van der Waals surface area (Å²) < 4.78 is 54.3. The molecule has 0 saturated carbocycles. The number of amides is 1. The van der Waals surface area contributed by atoms with E-state index in [4.69, 9.17) is 0 Å². The third-order valence-electron chi connectivity index (χ3n) is 4.34. The molecule has 0 unspecified atom stereocenters. The van der Waals surface area contributed by atoms with Crippen LogP contribution >= 0.6 is 0 Å². The number of alkyl halides is 3. The van der Waals surface area contributed by atoms with Crippen LogP contribution in [0.3, 0.4) is 0 Å². The molecule has 0 saturated heterocycles. The van der Waals surface area contributed by atoms with E-state index in [-0.39, 0.29) is 28.4 Å². The molecule has 4 rings (SSSR count). The number of nitrogens with zero attached hydrogens (tertiary/aromatic N) is 4. The quantitative estimate of drug-likeness (QED) is 0.500. The molecular weight excluding hydrogens is 402 g/mol. The van der Waals surface area contributed by atoms with Gasteiger partial charge >= 0.3 is 6.18 Å². The Morgan fingerprint density at radius 2 is 1.83 bits per heavy atom. The largest absolute Gasteiger partial charge is 0.417 e. The van der Waals surface area contributed by atoms with Gasteiger partial charge in [-0.25, -0.2) is 18.9 Å². The standard InChI is InChI=1S/C20H13F4N5O/c1-11-18(19(30)27-16-8-6-12(21)10-25-16)29-17(26-11)9-7-15(28-29)13-4-2-3-5-14(13)20(22,23)24/h2-10H,1H3,(H,25,27,30). The van der Waals surface area contributed by atoms with Gasteiger partial charge in [0.2, 0.25) is 0 Å². The second-order valence-corrected chi connectivity index (χ2v) is 6.39. The molecule has 30 heavy (non-hydrogen) atoms. The highest BCUT2D eigenvalue weighted by Gasteiger charge is 2.33. The molecule has 10 heteroatoms. The van der Waals surface area contributed by atoms with Crippen molar-refractivity contribution in [3.63, 3.8) is 0 Å². The lowest BCUT2D eigenvalue weighted by molar-refractivity contribution is -0.137. The van der Waals surface area contributed by atoms with E-state index in [1.54, 1.807) is 6.92 Å². The van der Waals surface area contributed by atoms with Crippen molar-refractivity contribution >= 4 is 17.4 Å². The van der Waals surface area contributed by atoms with Crippen LogP contribution in [-0.2, 0) is 6.18 Å². The van der Waals surface area contributed by atoms with Crippen LogP contribution in [0.1, 0.15) is 21.7 Å². The number of pyridine rings is 1. The topological polar surface area (TPSA) is 72.2 Å². The number of halogens is 4. The van der Waals surface area contributed by atoms with Crippen LogP contribution in [0.5, 0.6) is 0 Å². The Bertz CT molecular complexity index is 1250. The summed E-state index contributed by atoms with van der Waals surface area (Å²) in [5, 5.41) is 6.73. The fourth-order valence-electron chi connectivity index (χ4n) is 3.03. The minimum absolute atomic E-state index is 0.0294. The summed E-state index contributed by atoms with van der Waals surface area (Å²) in [6.45, 7) is 1.57. The number of aryl methyl sites for hydroxylation is 1. The summed E-state index contributed by atoms with van der Waals surface area (Å²) in [6.07, 6.45) is -3.62. The predicted molar refractivity (Wildman–Crippen MR) is 100 cm³/mol. The van der Waals surface area contributed by atoms with E-state index in [1.165, 1.54) is 40.9 Å². The summed E-state index contributed by atoms with van der Waals surface area (Å²) in [5.74, 6) is -1.09. The smallest absolute Gasteiger partial charge is 0.305 e. The van der Waals surface area contributed by atoms with E-state index in [9.17, 15) is 22.4 Å². The monoisotopic (exact) mass is 415 g/mol. The molecule has 0 atom stereocenters.